The number of sulfone groups is 1. The van der Waals surface area contributed by atoms with Crippen LogP contribution < -0.4 is 0 Å². The molecule has 26 heavy (non-hydrogen) atoms. The Balaban J connectivity index is 1.32. The van der Waals surface area contributed by atoms with Crippen LogP contribution in [0.15, 0.2) is 42.5 Å². The summed E-state index contributed by atoms with van der Waals surface area (Å²) in [6.07, 6.45) is 2.81. The lowest BCUT2D eigenvalue weighted by Gasteiger charge is -2.10. The first-order valence-corrected chi connectivity index (χ1v) is 10.9. The molecule has 0 bridgehead atoms. The maximum atomic E-state index is 11.9. The first-order chi connectivity index (χ1) is 12.5. The zero-order valence-electron chi connectivity index (χ0n) is 14.6. The summed E-state index contributed by atoms with van der Waals surface area (Å²) in [6, 6.07) is 15.0. The Hall–Kier alpha value is -2.14. The van der Waals surface area contributed by atoms with Crippen LogP contribution in [0.5, 0.6) is 0 Å². The summed E-state index contributed by atoms with van der Waals surface area (Å²) in [4.78, 5) is 11.9. The number of ether oxygens (including phenoxy) is 1. The van der Waals surface area contributed by atoms with Crippen molar-refractivity contribution in [2.24, 2.45) is 0 Å². The lowest BCUT2D eigenvalue weighted by atomic mass is 10.00. The lowest BCUT2D eigenvalue weighted by molar-refractivity contribution is -0.147. The Morgan fingerprint density at radius 2 is 1.88 bits per heavy atom. The highest BCUT2D eigenvalue weighted by atomic mass is 32.2. The van der Waals surface area contributed by atoms with E-state index >= 15 is 0 Å². The van der Waals surface area contributed by atoms with Crippen molar-refractivity contribution >= 4 is 15.8 Å². The zero-order chi connectivity index (χ0) is 18.1. The van der Waals surface area contributed by atoms with Crippen LogP contribution in [0.2, 0.25) is 0 Å². The Kier molecular flexibility index (Phi) is 4.57. The maximum Gasteiger partial charge on any atom is 0.306 e. The first kappa shape index (κ1) is 17.3. The normalized spacial score (nSPS) is 19.8. The maximum absolute atomic E-state index is 11.9. The van der Waals surface area contributed by atoms with Crippen molar-refractivity contribution in [2.75, 3.05) is 11.5 Å². The summed E-state index contributed by atoms with van der Waals surface area (Å²) in [5.74, 6) is -0.191. The molecule has 5 heteroatoms. The van der Waals surface area contributed by atoms with Crippen LogP contribution in [0.25, 0.3) is 11.1 Å². The number of fused-ring (bicyclic) bond motifs is 3. The fourth-order valence-electron chi connectivity index (χ4n) is 3.86. The van der Waals surface area contributed by atoms with Crippen molar-refractivity contribution < 1.29 is 17.9 Å². The zero-order valence-corrected chi connectivity index (χ0v) is 15.4. The molecule has 1 atom stereocenters. The highest BCUT2D eigenvalue weighted by Crippen LogP contribution is 2.37. The molecule has 2 aromatic rings. The molecular weight excluding hydrogens is 348 g/mol. The van der Waals surface area contributed by atoms with Gasteiger partial charge in [0.25, 0.3) is 0 Å². The number of hydrogen-bond acceptors (Lipinski definition) is 4. The molecule has 1 fully saturated rings. The average Bonchev–Trinajstić information content (AvgIpc) is 3.14. The van der Waals surface area contributed by atoms with Gasteiger partial charge in [-0.15, -0.1) is 0 Å². The molecule has 1 aliphatic carbocycles. The molecule has 0 N–H and O–H groups in total. The number of carbonyl (C=O) groups excluding carboxylic acids is 1. The van der Waals surface area contributed by atoms with E-state index in [4.69, 9.17) is 4.74 Å². The van der Waals surface area contributed by atoms with Gasteiger partial charge in [-0.2, -0.15) is 0 Å². The molecule has 0 spiro atoms. The van der Waals surface area contributed by atoms with Crippen LogP contribution >= 0.6 is 0 Å². The summed E-state index contributed by atoms with van der Waals surface area (Å²) in [6.45, 7) is 0. The van der Waals surface area contributed by atoms with Crippen LogP contribution in [0.4, 0.5) is 0 Å². The second kappa shape index (κ2) is 6.88. The van der Waals surface area contributed by atoms with E-state index in [1.165, 1.54) is 27.8 Å². The van der Waals surface area contributed by atoms with Crippen LogP contribution in [0, 0.1) is 0 Å². The van der Waals surface area contributed by atoms with Crippen LogP contribution in [0.3, 0.4) is 0 Å². The third kappa shape index (κ3) is 3.68. The topological polar surface area (TPSA) is 60.4 Å². The third-order valence-electron chi connectivity index (χ3n) is 5.20. The molecule has 1 aliphatic heterocycles. The monoisotopic (exact) mass is 370 g/mol. The van der Waals surface area contributed by atoms with Gasteiger partial charge in [0.2, 0.25) is 0 Å². The second-order valence-electron chi connectivity index (χ2n) is 7.19. The van der Waals surface area contributed by atoms with Crippen LogP contribution in [0.1, 0.15) is 36.0 Å². The van der Waals surface area contributed by atoms with Gasteiger partial charge in [-0.1, -0.05) is 42.5 Å². The van der Waals surface area contributed by atoms with E-state index in [1.54, 1.807) is 0 Å². The Bertz CT molecular complexity index is 946. The lowest BCUT2D eigenvalue weighted by Crippen LogP contribution is -2.19. The van der Waals surface area contributed by atoms with E-state index in [9.17, 15) is 13.2 Å². The Morgan fingerprint density at radius 1 is 1.08 bits per heavy atom. The van der Waals surface area contributed by atoms with Gasteiger partial charge >= 0.3 is 5.97 Å². The van der Waals surface area contributed by atoms with Crippen molar-refractivity contribution in [3.63, 3.8) is 0 Å². The molecule has 4 nitrogen and oxygen atoms in total. The minimum atomic E-state index is -3.01. The molecular formula is C21H22O4S. The molecule has 2 aromatic carbocycles. The molecule has 0 amide bonds. The fourth-order valence-corrected chi connectivity index (χ4v) is 5.45. The van der Waals surface area contributed by atoms with E-state index in [-0.39, 0.29) is 17.5 Å². The SMILES string of the molecule is O=C(CCCc1ccc2c(c1)-c1ccccc1C2)O[C@@H]1CCS(=O)(=O)C1. The largest absolute Gasteiger partial charge is 0.461 e. The summed E-state index contributed by atoms with van der Waals surface area (Å²) in [5, 5.41) is 0. The van der Waals surface area contributed by atoms with Gasteiger partial charge in [0.1, 0.15) is 6.10 Å². The highest BCUT2D eigenvalue weighted by molar-refractivity contribution is 7.91. The van der Waals surface area contributed by atoms with E-state index in [0.717, 1.165) is 12.8 Å². The summed E-state index contributed by atoms with van der Waals surface area (Å²) in [7, 11) is -3.01. The molecule has 0 aromatic heterocycles. The average molecular weight is 370 g/mol. The molecule has 1 saturated heterocycles. The fraction of sp³-hybridized carbons (Fsp3) is 0.381. The summed E-state index contributed by atoms with van der Waals surface area (Å²) < 4.78 is 28.1. The number of carbonyl (C=O) groups is 1. The standard InChI is InChI=1S/C21H22O4S/c22-21(25-18-10-11-26(23,24)14-18)7-3-4-15-8-9-17-13-16-5-1-2-6-19(16)20(17)12-15/h1-2,5-6,8-9,12,18H,3-4,7,10-11,13-14H2/t18-/m1/s1. The Morgan fingerprint density at radius 3 is 2.69 bits per heavy atom. The molecule has 2 aliphatic rings. The van der Waals surface area contributed by atoms with Crippen molar-refractivity contribution in [1.82, 2.24) is 0 Å². The number of rotatable bonds is 5. The van der Waals surface area contributed by atoms with Gasteiger partial charge in [-0.3, -0.25) is 4.79 Å². The number of esters is 1. The van der Waals surface area contributed by atoms with Gasteiger partial charge in [0.05, 0.1) is 11.5 Å². The Labute approximate surface area is 154 Å². The van der Waals surface area contributed by atoms with Gasteiger partial charge in [0, 0.05) is 6.42 Å². The molecule has 0 saturated carbocycles. The quantitative estimate of drug-likeness (QED) is 0.647. The molecule has 0 radical (unpaired) electrons. The van der Waals surface area contributed by atoms with E-state index in [0.29, 0.717) is 19.3 Å². The van der Waals surface area contributed by atoms with Crippen LogP contribution in [-0.2, 0) is 32.2 Å². The highest BCUT2D eigenvalue weighted by Gasteiger charge is 2.30. The van der Waals surface area contributed by atoms with Crippen molar-refractivity contribution in [3.8, 4) is 11.1 Å². The van der Waals surface area contributed by atoms with Crippen molar-refractivity contribution in [3.05, 3.63) is 59.2 Å². The number of hydrogen-bond donors (Lipinski definition) is 0. The van der Waals surface area contributed by atoms with E-state index in [2.05, 4.69) is 42.5 Å². The van der Waals surface area contributed by atoms with Gasteiger partial charge < -0.3 is 4.74 Å². The summed E-state index contributed by atoms with van der Waals surface area (Å²) >= 11 is 0. The predicted molar refractivity (Wildman–Crippen MR) is 101 cm³/mol. The minimum absolute atomic E-state index is 0.0248. The van der Waals surface area contributed by atoms with E-state index in [1.807, 2.05) is 0 Å². The van der Waals surface area contributed by atoms with Gasteiger partial charge in [-0.05, 0) is 53.5 Å². The minimum Gasteiger partial charge on any atom is -0.461 e. The molecule has 0 unspecified atom stereocenters. The van der Waals surface area contributed by atoms with Gasteiger partial charge in [0.15, 0.2) is 9.84 Å². The smallest absolute Gasteiger partial charge is 0.306 e. The predicted octanol–water partition coefficient (Wildman–Crippen LogP) is 3.31. The molecule has 4 rings (SSSR count). The van der Waals surface area contributed by atoms with Gasteiger partial charge in [-0.25, -0.2) is 8.42 Å². The molecule has 1 heterocycles. The van der Waals surface area contributed by atoms with Crippen molar-refractivity contribution in [2.45, 2.75) is 38.2 Å². The van der Waals surface area contributed by atoms with Crippen molar-refractivity contribution in [1.29, 1.82) is 0 Å². The number of aryl methyl sites for hydroxylation is 1. The van der Waals surface area contributed by atoms with Crippen LogP contribution in [-0.4, -0.2) is 32.0 Å². The second-order valence-corrected chi connectivity index (χ2v) is 9.42. The summed E-state index contributed by atoms with van der Waals surface area (Å²) in [5.41, 5.74) is 6.56. The number of benzene rings is 2. The first-order valence-electron chi connectivity index (χ1n) is 9.10. The van der Waals surface area contributed by atoms with E-state index < -0.39 is 15.9 Å². The molecule has 136 valence electrons. The third-order valence-corrected chi connectivity index (χ3v) is 6.94.